The Morgan fingerprint density at radius 2 is 1.62 bits per heavy atom. The van der Waals surface area contributed by atoms with Crippen molar-refractivity contribution in [3.05, 3.63) is 71.3 Å². The first-order valence-electron chi connectivity index (χ1n) is 7.05. The molecule has 0 N–H and O–H groups in total. The molecular formula is C20H14O. The molecule has 0 bridgehead atoms. The molecule has 3 rings (SSSR count). The molecule has 1 fully saturated rings. The average Bonchev–Trinajstić information content (AvgIpc) is 3.36. The minimum Gasteiger partial charge on any atom is -0.279 e. The van der Waals surface area contributed by atoms with Crippen molar-refractivity contribution in [3.8, 4) is 23.7 Å². The first kappa shape index (κ1) is 13.2. The maximum Gasteiger partial charge on any atom is 0.237 e. The number of Topliss-reactive ketones (excluding diaryl/α,β-unsaturated/α-hetero) is 1. The van der Waals surface area contributed by atoms with Crippen LogP contribution in [0.1, 0.15) is 34.3 Å². The zero-order chi connectivity index (χ0) is 14.5. The lowest BCUT2D eigenvalue weighted by Crippen LogP contribution is -1.98. The highest BCUT2D eigenvalue weighted by atomic mass is 16.1. The lowest BCUT2D eigenvalue weighted by Gasteiger charge is -1.98. The summed E-state index contributed by atoms with van der Waals surface area (Å²) in [7, 11) is 0. The van der Waals surface area contributed by atoms with Crippen LogP contribution in [0.25, 0.3) is 0 Å². The monoisotopic (exact) mass is 270 g/mol. The second-order valence-electron chi connectivity index (χ2n) is 5.03. The number of benzene rings is 2. The average molecular weight is 270 g/mol. The van der Waals surface area contributed by atoms with Crippen LogP contribution in [0.5, 0.6) is 0 Å². The Morgan fingerprint density at radius 3 is 2.38 bits per heavy atom. The van der Waals surface area contributed by atoms with E-state index in [1.54, 1.807) is 6.07 Å². The number of carbonyl (C=O) groups excluding carboxylic acids is 1. The Kier molecular flexibility index (Phi) is 3.85. The number of hydrogen-bond acceptors (Lipinski definition) is 1. The summed E-state index contributed by atoms with van der Waals surface area (Å²) >= 11 is 0. The van der Waals surface area contributed by atoms with Gasteiger partial charge in [0.1, 0.15) is 0 Å². The standard InChI is InChI=1S/C20H14O/c21-20(15-13-17-10-11-17)19-9-5-4-8-18(19)14-12-16-6-2-1-3-7-16/h1-9,17H,10-11H2. The molecule has 21 heavy (non-hydrogen) atoms. The zero-order valence-electron chi connectivity index (χ0n) is 11.6. The van der Waals surface area contributed by atoms with Crippen LogP contribution in [0.4, 0.5) is 0 Å². The molecule has 0 spiro atoms. The van der Waals surface area contributed by atoms with Crippen molar-refractivity contribution in [1.29, 1.82) is 0 Å². The SMILES string of the molecule is O=C(C#CC1CC1)c1ccccc1C#Cc1ccccc1. The van der Waals surface area contributed by atoms with Gasteiger partial charge in [-0.05, 0) is 43.0 Å². The molecule has 0 saturated heterocycles. The number of ketones is 1. The Balaban J connectivity index is 1.88. The molecule has 2 aromatic rings. The predicted octanol–water partition coefficient (Wildman–Crippen LogP) is 3.68. The first-order chi connectivity index (χ1) is 10.3. The van der Waals surface area contributed by atoms with Crippen molar-refractivity contribution in [2.45, 2.75) is 12.8 Å². The fraction of sp³-hybridized carbons (Fsp3) is 0.150. The van der Waals surface area contributed by atoms with Crippen LogP contribution in [-0.2, 0) is 0 Å². The van der Waals surface area contributed by atoms with Gasteiger partial charge in [-0.2, -0.15) is 0 Å². The van der Waals surface area contributed by atoms with Gasteiger partial charge in [-0.25, -0.2) is 0 Å². The third kappa shape index (κ3) is 3.62. The van der Waals surface area contributed by atoms with E-state index in [9.17, 15) is 4.79 Å². The van der Waals surface area contributed by atoms with Crippen LogP contribution in [0.15, 0.2) is 54.6 Å². The first-order valence-corrected chi connectivity index (χ1v) is 7.05. The molecule has 100 valence electrons. The van der Waals surface area contributed by atoms with Gasteiger partial charge in [0.25, 0.3) is 0 Å². The van der Waals surface area contributed by atoms with Gasteiger partial charge in [0, 0.05) is 22.6 Å². The van der Waals surface area contributed by atoms with Crippen LogP contribution in [-0.4, -0.2) is 5.78 Å². The van der Waals surface area contributed by atoms with E-state index in [-0.39, 0.29) is 5.78 Å². The smallest absolute Gasteiger partial charge is 0.237 e. The van der Waals surface area contributed by atoms with E-state index >= 15 is 0 Å². The Hall–Kier alpha value is -2.77. The van der Waals surface area contributed by atoms with Gasteiger partial charge in [0.2, 0.25) is 5.78 Å². The third-order valence-electron chi connectivity index (χ3n) is 3.25. The van der Waals surface area contributed by atoms with E-state index < -0.39 is 0 Å². The van der Waals surface area contributed by atoms with E-state index in [0.29, 0.717) is 11.5 Å². The van der Waals surface area contributed by atoms with Crippen molar-refractivity contribution in [2.75, 3.05) is 0 Å². The molecule has 0 unspecified atom stereocenters. The van der Waals surface area contributed by atoms with Gasteiger partial charge in [-0.3, -0.25) is 4.79 Å². The summed E-state index contributed by atoms with van der Waals surface area (Å²) in [5.74, 6) is 12.2. The summed E-state index contributed by atoms with van der Waals surface area (Å²) in [6, 6.07) is 17.1. The topological polar surface area (TPSA) is 17.1 Å². The normalized spacial score (nSPS) is 12.6. The van der Waals surface area contributed by atoms with Crippen molar-refractivity contribution < 1.29 is 4.79 Å². The summed E-state index contributed by atoms with van der Waals surface area (Å²) < 4.78 is 0. The van der Waals surface area contributed by atoms with Gasteiger partial charge < -0.3 is 0 Å². The molecule has 1 aliphatic carbocycles. The van der Waals surface area contributed by atoms with Crippen molar-refractivity contribution in [2.24, 2.45) is 5.92 Å². The maximum atomic E-state index is 12.2. The molecule has 1 saturated carbocycles. The van der Waals surface area contributed by atoms with E-state index in [0.717, 1.165) is 24.0 Å². The number of rotatable bonds is 1. The van der Waals surface area contributed by atoms with Crippen molar-refractivity contribution in [3.63, 3.8) is 0 Å². The largest absolute Gasteiger partial charge is 0.279 e. The number of hydrogen-bond donors (Lipinski definition) is 0. The summed E-state index contributed by atoms with van der Waals surface area (Å²) in [6.45, 7) is 0. The summed E-state index contributed by atoms with van der Waals surface area (Å²) in [4.78, 5) is 12.2. The highest BCUT2D eigenvalue weighted by Crippen LogP contribution is 2.27. The fourth-order valence-corrected chi connectivity index (χ4v) is 1.91. The van der Waals surface area contributed by atoms with Crippen LogP contribution in [0.3, 0.4) is 0 Å². The molecule has 1 aliphatic rings. The quantitative estimate of drug-likeness (QED) is 0.439. The lowest BCUT2D eigenvalue weighted by atomic mass is 10.0. The zero-order valence-corrected chi connectivity index (χ0v) is 11.6. The van der Waals surface area contributed by atoms with E-state index in [1.807, 2.05) is 48.5 Å². The van der Waals surface area contributed by atoms with E-state index in [2.05, 4.69) is 23.7 Å². The predicted molar refractivity (Wildman–Crippen MR) is 83.7 cm³/mol. The second kappa shape index (κ2) is 6.12. The molecule has 1 nitrogen and oxygen atoms in total. The number of carbonyl (C=O) groups is 1. The molecule has 0 heterocycles. The van der Waals surface area contributed by atoms with Gasteiger partial charge >= 0.3 is 0 Å². The van der Waals surface area contributed by atoms with Crippen LogP contribution < -0.4 is 0 Å². The maximum absolute atomic E-state index is 12.2. The highest BCUT2D eigenvalue weighted by molar-refractivity contribution is 6.10. The summed E-state index contributed by atoms with van der Waals surface area (Å²) in [5, 5.41) is 0. The molecule has 1 heteroatoms. The van der Waals surface area contributed by atoms with Crippen molar-refractivity contribution >= 4 is 5.78 Å². The van der Waals surface area contributed by atoms with E-state index in [1.165, 1.54) is 0 Å². The Labute approximate surface area is 125 Å². The highest BCUT2D eigenvalue weighted by Gasteiger charge is 2.18. The summed E-state index contributed by atoms with van der Waals surface area (Å²) in [5.41, 5.74) is 2.26. The molecule has 0 aliphatic heterocycles. The Bertz CT molecular complexity index is 775. The van der Waals surface area contributed by atoms with E-state index in [4.69, 9.17) is 0 Å². The van der Waals surface area contributed by atoms with Gasteiger partial charge in [-0.15, -0.1) is 0 Å². The molecule has 2 aromatic carbocycles. The molecule has 0 aromatic heterocycles. The third-order valence-corrected chi connectivity index (χ3v) is 3.25. The molecule has 0 amide bonds. The van der Waals surface area contributed by atoms with Gasteiger partial charge in [0.05, 0.1) is 0 Å². The molecule has 0 atom stereocenters. The van der Waals surface area contributed by atoms with Crippen LogP contribution in [0.2, 0.25) is 0 Å². The lowest BCUT2D eigenvalue weighted by molar-refractivity contribution is 0.105. The van der Waals surface area contributed by atoms with Crippen molar-refractivity contribution in [1.82, 2.24) is 0 Å². The molecule has 0 radical (unpaired) electrons. The van der Waals surface area contributed by atoms with Gasteiger partial charge in [-0.1, -0.05) is 48.1 Å². The molecular weight excluding hydrogens is 256 g/mol. The minimum absolute atomic E-state index is 0.139. The van der Waals surface area contributed by atoms with Crippen LogP contribution >= 0.6 is 0 Å². The summed E-state index contributed by atoms with van der Waals surface area (Å²) in [6.07, 6.45) is 2.24. The fourth-order valence-electron chi connectivity index (χ4n) is 1.91. The second-order valence-corrected chi connectivity index (χ2v) is 5.03. The van der Waals surface area contributed by atoms with Gasteiger partial charge in [0.15, 0.2) is 0 Å². The minimum atomic E-state index is -0.139. The van der Waals surface area contributed by atoms with Crippen LogP contribution in [0, 0.1) is 29.6 Å². The Morgan fingerprint density at radius 1 is 0.905 bits per heavy atom.